The molecule has 2 atom stereocenters. The zero-order valence-corrected chi connectivity index (χ0v) is 49.2. The third-order valence-electron chi connectivity index (χ3n) is 13.0. The van der Waals surface area contributed by atoms with Gasteiger partial charge in [-0.1, -0.05) is 259 Å². The molecule has 9 nitrogen and oxygen atoms in total. The monoisotopic (exact) mass is 1070 g/mol. The van der Waals surface area contributed by atoms with E-state index in [1.54, 1.807) is 0 Å². The molecule has 0 aromatic carbocycles. The van der Waals surface area contributed by atoms with Crippen LogP contribution in [0.15, 0.2) is 97.2 Å². The van der Waals surface area contributed by atoms with E-state index in [1.807, 2.05) is 0 Å². The standard InChI is InChI=1S/C65H114NO8P/c1-3-5-7-9-11-13-15-17-19-21-23-25-27-29-30-31-32-34-36-38-40-42-44-46-48-50-52-54-56-58-65(68)74-63(62-73-75(69,70)72-60-59-66)61-71-64(67)57-55-53-51-49-47-45-43-41-39-37-35-33-28-26-24-22-20-18-16-14-12-10-8-6-4-2/h5,7,11,13,16-19,22-25,29-30,32,34,63H,3-4,6,8-10,12,14-15,20-21,26-28,31,33,35-62,66H2,1-2H3,(H,69,70)/b7-5-,13-11-,18-16-,19-17-,24-22-,25-23-,30-29-,34-32-. The fourth-order valence-corrected chi connectivity index (χ4v) is 9.20. The first kappa shape index (κ1) is 71.9. The molecule has 0 aliphatic carbocycles. The first-order valence-electron chi connectivity index (χ1n) is 30.7. The third kappa shape index (κ3) is 60.0. The Kier molecular flexibility index (Phi) is 57.7. The topological polar surface area (TPSA) is 134 Å². The summed E-state index contributed by atoms with van der Waals surface area (Å²) < 4.78 is 33.1. The highest BCUT2D eigenvalue weighted by atomic mass is 31.2. The molecule has 0 aliphatic rings. The summed E-state index contributed by atoms with van der Waals surface area (Å²) in [4.78, 5) is 35.3. The number of rotatable bonds is 57. The van der Waals surface area contributed by atoms with Gasteiger partial charge in [0.15, 0.2) is 6.10 Å². The van der Waals surface area contributed by atoms with Crippen LogP contribution in [0.2, 0.25) is 0 Å². The molecule has 3 N–H and O–H groups in total. The van der Waals surface area contributed by atoms with Crippen molar-refractivity contribution in [3.8, 4) is 0 Å². The van der Waals surface area contributed by atoms with Crippen LogP contribution in [0.25, 0.3) is 0 Å². The van der Waals surface area contributed by atoms with Gasteiger partial charge in [0.25, 0.3) is 0 Å². The number of nitrogens with two attached hydrogens (primary N) is 1. The Morgan fingerprint density at radius 1 is 0.413 bits per heavy atom. The van der Waals surface area contributed by atoms with Crippen molar-refractivity contribution in [2.75, 3.05) is 26.4 Å². The number of esters is 2. The molecule has 0 aromatic heterocycles. The van der Waals surface area contributed by atoms with Gasteiger partial charge in [-0.05, 0) is 96.3 Å². The van der Waals surface area contributed by atoms with Gasteiger partial charge in [0.2, 0.25) is 0 Å². The van der Waals surface area contributed by atoms with Gasteiger partial charge in [-0.3, -0.25) is 18.6 Å². The summed E-state index contributed by atoms with van der Waals surface area (Å²) in [7, 11) is -4.40. The quantitative estimate of drug-likeness (QED) is 0.0264. The summed E-state index contributed by atoms with van der Waals surface area (Å²) >= 11 is 0. The van der Waals surface area contributed by atoms with Crippen LogP contribution in [0.5, 0.6) is 0 Å². The van der Waals surface area contributed by atoms with Gasteiger partial charge in [0.1, 0.15) is 6.61 Å². The molecule has 10 heteroatoms. The summed E-state index contributed by atoms with van der Waals surface area (Å²) in [6.07, 6.45) is 80.3. The summed E-state index contributed by atoms with van der Waals surface area (Å²) in [5.41, 5.74) is 5.39. The van der Waals surface area contributed by atoms with E-state index in [0.29, 0.717) is 6.42 Å². The van der Waals surface area contributed by atoms with E-state index in [1.165, 1.54) is 148 Å². The van der Waals surface area contributed by atoms with Crippen LogP contribution in [0, 0.1) is 0 Å². The van der Waals surface area contributed by atoms with Crippen molar-refractivity contribution < 1.29 is 37.6 Å². The van der Waals surface area contributed by atoms with Gasteiger partial charge < -0.3 is 20.1 Å². The molecule has 432 valence electrons. The predicted molar refractivity (Wildman–Crippen MR) is 321 cm³/mol. The van der Waals surface area contributed by atoms with Gasteiger partial charge >= 0.3 is 19.8 Å². The fraction of sp³-hybridized carbons (Fsp3) is 0.723. The maximum atomic E-state index is 12.7. The highest BCUT2D eigenvalue weighted by Crippen LogP contribution is 2.43. The average molecular weight is 1070 g/mol. The van der Waals surface area contributed by atoms with Crippen LogP contribution in [-0.2, 0) is 32.7 Å². The number of phosphoric acid groups is 1. The van der Waals surface area contributed by atoms with Gasteiger partial charge in [-0.15, -0.1) is 0 Å². The fourth-order valence-electron chi connectivity index (χ4n) is 8.44. The first-order chi connectivity index (χ1) is 36.8. The molecule has 0 saturated heterocycles. The number of hydrogen-bond donors (Lipinski definition) is 2. The van der Waals surface area contributed by atoms with Crippen LogP contribution in [0.4, 0.5) is 0 Å². The maximum absolute atomic E-state index is 12.7. The Morgan fingerprint density at radius 3 is 1.09 bits per heavy atom. The van der Waals surface area contributed by atoms with Crippen molar-refractivity contribution in [1.29, 1.82) is 0 Å². The lowest BCUT2D eigenvalue weighted by molar-refractivity contribution is -0.161. The van der Waals surface area contributed by atoms with Crippen molar-refractivity contribution >= 4 is 19.8 Å². The number of unbranched alkanes of at least 4 members (excludes halogenated alkanes) is 28. The molecule has 0 radical (unpaired) electrons. The molecule has 0 heterocycles. The van der Waals surface area contributed by atoms with E-state index in [9.17, 15) is 19.0 Å². The highest BCUT2D eigenvalue weighted by molar-refractivity contribution is 7.47. The lowest BCUT2D eigenvalue weighted by Gasteiger charge is -2.19. The summed E-state index contributed by atoms with van der Waals surface area (Å²) in [6, 6.07) is 0. The molecule has 0 fully saturated rings. The zero-order chi connectivity index (χ0) is 54.5. The number of ether oxygens (including phenoxy) is 2. The molecule has 75 heavy (non-hydrogen) atoms. The van der Waals surface area contributed by atoms with Crippen LogP contribution >= 0.6 is 7.82 Å². The molecular weight excluding hydrogens is 954 g/mol. The van der Waals surface area contributed by atoms with Gasteiger partial charge in [0, 0.05) is 19.4 Å². The molecular formula is C65H114NO8P. The van der Waals surface area contributed by atoms with Crippen LogP contribution in [0.1, 0.15) is 271 Å². The number of hydrogen-bond acceptors (Lipinski definition) is 8. The van der Waals surface area contributed by atoms with E-state index in [-0.39, 0.29) is 38.6 Å². The van der Waals surface area contributed by atoms with Gasteiger partial charge in [-0.2, -0.15) is 0 Å². The zero-order valence-electron chi connectivity index (χ0n) is 48.3. The highest BCUT2D eigenvalue weighted by Gasteiger charge is 2.26. The molecule has 0 rings (SSSR count). The smallest absolute Gasteiger partial charge is 0.462 e. The lowest BCUT2D eigenvalue weighted by atomic mass is 10.0. The summed E-state index contributed by atoms with van der Waals surface area (Å²) in [6.45, 7) is 3.63. The van der Waals surface area contributed by atoms with Crippen molar-refractivity contribution in [3.05, 3.63) is 97.2 Å². The van der Waals surface area contributed by atoms with Gasteiger partial charge in [-0.25, -0.2) is 4.57 Å². The average Bonchev–Trinajstić information content (AvgIpc) is 3.40. The molecule has 0 bridgehead atoms. The Morgan fingerprint density at radius 2 is 0.733 bits per heavy atom. The van der Waals surface area contributed by atoms with Gasteiger partial charge in [0.05, 0.1) is 13.2 Å². The molecule has 0 aromatic rings. The predicted octanol–water partition coefficient (Wildman–Crippen LogP) is 19.6. The molecule has 0 aliphatic heterocycles. The molecule has 0 spiro atoms. The Labute approximate surface area is 461 Å². The largest absolute Gasteiger partial charge is 0.472 e. The number of carbonyl (C=O) groups is 2. The normalized spacial score (nSPS) is 13.7. The minimum Gasteiger partial charge on any atom is -0.462 e. The molecule has 0 amide bonds. The summed E-state index contributed by atoms with van der Waals surface area (Å²) in [5, 5.41) is 0. The van der Waals surface area contributed by atoms with E-state index in [2.05, 4.69) is 111 Å². The van der Waals surface area contributed by atoms with E-state index >= 15 is 0 Å². The van der Waals surface area contributed by atoms with Crippen LogP contribution in [0.3, 0.4) is 0 Å². The molecule has 0 saturated carbocycles. The Bertz CT molecular complexity index is 1550. The van der Waals surface area contributed by atoms with Crippen molar-refractivity contribution in [2.24, 2.45) is 5.73 Å². The van der Waals surface area contributed by atoms with Crippen molar-refractivity contribution in [1.82, 2.24) is 0 Å². The molecule has 2 unspecified atom stereocenters. The number of phosphoric ester groups is 1. The minimum absolute atomic E-state index is 0.0489. The van der Waals surface area contributed by atoms with E-state index < -0.39 is 26.5 Å². The van der Waals surface area contributed by atoms with Crippen LogP contribution in [-0.4, -0.2) is 49.3 Å². The van der Waals surface area contributed by atoms with E-state index in [0.717, 1.165) is 89.9 Å². The van der Waals surface area contributed by atoms with Crippen molar-refractivity contribution in [2.45, 2.75) is 277 Å². The Hall–Kier alpha value is -3.07. The second-order valence-electron chi connectivity index (χ2n) is 20.2. The number of carbonyl (C=O) groups excluding carboxylic acids is 2. The third-order valence-corrected chi connectivity index (χ3v) is 13.9. The summed E-state index contributed by atoms with van der Waals surface area (Å²) in [5.74, 6) is -0.831. The first-order valence-corrected chi connectivity index (χ1v) is 32.2. The second-order valence-corrected chi connectivity index (χ2v) is 21.6. The minimum atomic E-state index is -4.40. The second kappa shape index (κ2) is 60.2. The van der Waals surface area contributed by atoms with Crippen molar-refractivity contribution in [3.63, 3.8) is 0 Å². The van der Waals surface area contributed by atoms with Crippen LogP contribution < -0.4 is 5.73 Å². The SMILES string of the molecule is CC/C=C\C/C=C\C/C=C\C/C=C\C/C=C\C/C=C\CCCCCCCCCCCCC(=O)OC(COC(=O)CCCCCCCCCCCCCCC/C=C\C/C=C\CCCCCCC)COP(=O)(O)OCCN. The maximum Gasteiger partial charge on any atom is 0.472 e. The Balaban J connectivity index is 3.98. The number of allylic oxidation sites excluding steroid dienone is 16. The van der Waals surface area contributed by atoms with E-state index in [4.69, 9.17) is 24.3 Å². The lowest BCUT2D eigenvalue weighted by Crippen LogP contribution is -2.29.